The average molecular weight is 292 g/mol. The van der Waals surface area contributed by atoms with Crippen LogP contribution in [0.25, 0.3) is 0 Å². The number of ketones is 2. The summed E-state index contributed by atoms with van der Waals surface area (Å²) in [6.45, 7) is 2.14. The van der Waals surface area contributed by atoms with E-state index >= 15 is 0 Å². The third-order valence-corrected chi connectivity index (χ3v) is 4.95. The van der Waals surface area contributed by atoms with Crippen molar-refractivity contribution in [3.05, 3.63) is 22.5 Å². The van der Waals surface area contributed by atoms with Crippen molar-refractivity contribution in [3.8, 4) is 0 Å². The van der Waals surface area contributed by atoms with Crippen LogP contribution in [-0.2, 0) is 14.3 Å². The number of ether oxygens (including phenoxy) is 1. The van der Waals surface area contributed by atoms with E-state index in [1.54, 1.807) is 6.92 Å². The first kappa shape index (κ1) is 14.4. The molecule has 0 aromatic heterocycles. The second-order valence-electron chi connectivity index (χ2n) is 6.01. The van der Waals surface area contributed by atoms with Crippen molar-refractivity contribution in [2.24, 2.45) is 0 Å². The van der Waals surface area contributed by atoms with E-state index in [-0.39, 0.29) is 29.4 Å². The molecule has 0 saturated carbocycles. The topological polar surface area (TPSA) is 70.1 Å². The van der Waals surface area contributed by atoms with Crippen molar-refractivity contribution in [2.45, 2.75) is 31.7 Å². The Bertz CT molecular complexity index is 592. The quantitative estimate of drug-likeness (QED) is 0.669. The molecule has 1 saturated heterocycles. The van der Waals surface area contributed by atoms with Crippen LogP contribution in [0.1, 0.15) is 13.3 Å². The molecule has 1 N–H and O–H groups in total. The van der Waals surface area contributed by atoms with E-state index in [4.69, 9.17) is 4.74 Å². The Morgan fingerprint density at radius 1 is 1.24 bits per heavy atom. The molecule has 2 bridgehead atoms. The Morgan fingerprint density at radius 3 is 2.52 bits per heavy atom. The lowest BCUT2D eigenvalue weighted by molar-refractivity contribution is -0.126. The first-order valence-corrected chi connectivity index (χ1v) is 7.06. The predicted octanol–water partition coefficient (Wildman–Crippen LogP) is -0.308. The number of aliphatic hydroxyl groups is 1. The van der Waals surface area contributed by atoms with Crippen LogP contribution in [0.5, 0.6) is 0 Å². The first-order valence-electron chi connectivity index (χ1n) is 7.06. The van der Waals surface area contributed by atoms with Crippen molar-refractivity contribution in [1.29, 1.82) is 0 Å². The lowest BCUT2D eigenvalue weighted by Gasteiger charge is -2.51. The number of hydrogen-bond acceptors (Lipinski definition) is 6. The van der Waals surface area contributed by atoms with E-state index in [0.29, 0.717) is 29.7 Å². The molecule has 114 valence electrons. The highest BCUT2D eigenvalue weighted by atomic mass is 16.5. The number of piperazine rings is 1. The average Bonchev–Trinajstić information content (AvgIpc) is 2.44. The molecule has 0 aromatic rings. The van der Waals surface area contributed by atoms with E-state index < -0.39 is 6.23 Å². The normalized spacial score (nSPS) is 34.4. The fraction of sp³-hybridized carbons (Fsp3) is 0.600. The molecule has 0 radical (unpaired) electrons. The van der Waals surface area contributed by atoms with E-state index in [9.17, 15) is 14.7 Å². The van der Waals surface area contributed by atoms with Gasteiger partial charge in [0.1, 0.15) is 6.23 Å². The lowest BCUT2D eigenvalue weighted by atomic mass is 9.76. The molecule has 0 spiro atoms. The number of methoxy groups -OCH3 is 1. The van der Waals surface area contributed by atoms with Crippen LogP contribution in [-0.4, -0.2) is 72.5 Å². The number of hydrogen-bond donors (Lipinski definition) is 1. The van der Waals surface area contributed by atoms with Gasteiger partial charge < -0.3 is 9.84 Å². The molecular weight excluding hydrogens is 272 g/mol. The van der Waals surface area contributed by atoms with Crippen molar-refractivity contribution in [3.63, 3.8) is 0 Å². The molecule has 1 fully saturated rings. The SMILES string of the molecule is COC1=C(C)C(=O)C2=C(C1=O)[C@H]1CN(C)[C@@H](O)[C@H](C2)N1C. The van der Waals surface area contributed by atoms with Gasteiger partial charge in [-0.2, -0.15) is 0 Å². The highest BCUT2D eigenvalue weighted by Gasteiger charge is 2.49. The molecule has 0 amide bonds. The van der Waals surface area contributed by atoms with Gasteiger partial charge in [0.15, 0.2) is 11.5 Å². The predicted molar refractivity (Wildman–Crippen MR) is 75.3 cm³/mol. The van der Waals surface area contributed by atoms with Gasteiger partial charge >= 0.3 is 0 Å². The van der Waals surface area contributed by atoms with E-state index in [2.05, 4.69) is 0 Å². The number of rotatable bonds is 1. The molecular formula is C15H20N2O4. The minimum atomic E-state index is -0.628. The Balaban J connectivity index is 2.11. The minimum absolute atomic E-state index is 0.124. The van der Waals surface area contributed by atoms with E-state index in [1.165, 1.54) is 7.11 Å². The van der Waals surface area contributed by atoms with Crippen molar-refractivity contribution < 1.29 is 19.4 Å². The van der Waals surface area contributed by atoms with Crippen LogP contribution in [0.4, 0.5) is 0 Å². The second-order valence-corrected chi connectivity index (χ2v) is 6.01. The summed E-state index contributed by atoms with van der Waals surface area (Å²) in [6, 6.07) is -0.344. The van der Waals surface area contributed by atoms with Crippen molar-refractivity contribution in [2.75, 3.05) is 27.7 Å². The summed E-state index contributed by atoms with van der Waals surface area (Å²) >= 11 is 0. The molecule has 6 nitrogen and oxygen atoms in total. The number of aliphatic hydroxyl groups excluding tert-OH is 1. The van der Waals surface area contributed by atoms with Crippen LogP contribution in [0.2, 0.25) is 0 Å². The molecule has 0 unspecified atom stereocenters. The molecule has 0 aromatic carbocycles. The highest BCUT2D eigenvalue weighted by Crippen LogP contribution is 2.39. The highest BCUT2D eigenvalue weighted by molar-refractivity contribution is 6.25. The van der Waals surface area contributed by atoms with Crippen molar-refractivity contribution >= 4 is 11.6 Å². The van der Waals surface area contributed by atoms with Crippen molar-refractivity contribution in [1.82, 2.24) is 9.80 Å². The molecule has 6 heteroatoms. The fourth-order valence-corrected chi connectivity index (χ4v) is 3.68. The standard InChI is InChI=1S/C15H20N2O4/c1-7-12(18)8-5-9-15(20)16(2)6-10(17(9)3)11(8)13(19)14(7)21-4/h9-10,15,20H,5-6H2,1-4H3/t9-,10+,15-/m0/s1. The maximum atomic E-state index is 12.7. The van der Waals surface area contributed by atoms with Crippen LogP contribution in [0, 0.1) is 0 Å². The Hall–Kier alpha value is -1.50. The third kappa shape index (κ3) is 1.83. The Labute approximate surface area is 123 Å². The summed E-state index contributed by atoms with van der Waals surface area (Å²) in [5.41, 5.74) is 1.46. The van der Waals surface area contributed by atoms with Gasteiger partial charge in [-0.1, -0.05) is 0 Å². The summed E-state index contributed by atoms with van der Waals surface area (Å²) in [4.78, 5) is 29.0. The van der Waals surface area contributed by atoms with Gasteiger partial charge in [0, 0.05) is 23.3 Å². The van der Waals surface area contributed by atoms with Crippen LogP contribution >= 0.6 is 0 Å². The summed E-state index contributed by atoms with van der Waals surface area (Å²) in [7, 11) is 5.14. The molecule has 3 atom stereocenters. The van der Waals surface area contributed by atoms with Crippen LogP contribution in [0.15, 0.2) is 22.5 Å². The van der Waals surface area contributed by atoms with Gasteiger partial charge in [-0.3, -0.25) is 19.4 Å². The number of carbonyl (C=O) groups is 2. The van der Waals surface area contributed by atoms with Gasteiger partial charge in [-0.15, -0.1) is 0 Å². The zero-order valence-electron chi connectivity index (χ0n) is 12.7. The van der Waals surface area contributed by atoms with Crippen LogP contribution in [0.3, 0.4) is 0 Å². The van der Waals surface area contributed by atoms with Gasteiger partial charge in [0.05, 0.1) is 19.2 Å². The summed E-state index contributed by atoms with van der Waals surface area (Å²) in [6.07, 6.45) is -0.233. The number of Topliss-reactive ketones (excluding diaryl/α,β-unsaturated/α-hetero) is 2. The molecule has 3 aliphatic rings. The number of fused-ring (bicyclic) bond motifs is 3. The first-order chi connectivity index (χ1) is 9.88. The fourth-order valence-electron chi connectivity index (χ4n) is 3.68. The summed E-state index contributed by atoms with van der Waals surface area (Å²) in [5.74, 6) is -0.162. The zero-order chi connectivity index (χ0) is 15.5. The Morgan fingerprint density at radius 2 is 1.90 bits per heavy atom. The Kier molecular flexibility index (Phi) is 3.27. The summed E-state index contributed by atoms with van der Waals surface area (Å²) < 4.78 is 5.15. The largest absolute Gasteiger partial charge is 0.492 e. The third-order valence-electron chi connectivity index (χ3n) is 4.95. The number of nitrogens with zero attached hydrogens (tertiary/aromatic N) is 2. The monoisotopic (exact) mass is 292 g/mol. The maximum Gasteiger partial charge on any atom is 0.225 e. The molecule has 1 aliphatic carbocycles. The second kappa shape index (κ2) is 4.76. The van der Waals surface area contributed by atoms with Gasteiger partial charge in [-0.05, 0) is 27.4 Å². The molecule has 21 heavy (non-hydrogen) atoms. The van der Waals surface area contributed by atoms with Gasteiger partial charge in [0.25, 0.3) is 0 Å². The number of likely N-dealkylation sites (N-methyl/N-ethyl adjacent to an activating group) is 2. The van der Waals surface area contributed by atoms with Gasteiger partial charge in [-0.25, -0.2) is 0 Å². The van der Waals surface area contributed by atoms with E-state index in [0.717, 1.165) is 0 Å². The van der Waals surface area contributed by atoms with E-state index in [1.807, 2.05) is 23.9 Å². The summed E-state index contributed by atoms with van der Waals surface area (Å²) in [5, 5.41) is 10.3. The molecule has 2 heterocycles. The molecule has 2 aliphatic heterocycles. The minimum Gasteiger partial charge on any atom is -0.492 e. The zero-order valence-corrected chi connectivity index (χ0v) is 12.7. The smallest absolute Gasteiger partial charge is 0.225 e. The molecule has 3 rings (SSSR count). The number of allylic oxidation sites excluding steroid dienone is 2. The van der Waals surface area contributed by atoms with Gasteiger partial charge in [0.2, 0.25) is 5.78 Å². The van der Waals surface area contributed by atoms with Crippen LogP contribution < -0.4 is 0 Å². The lowest BCUT2D eigenvalue weighted by Crippen LogP contribution is -2.65. The number of carbonyl (C=O) groups excluding carboxylic acids is 2. The maximum absolute atomic E-state index is 12.7.